The number of carbonyl (C=O) groups is 3. The summed E-state index contributed by atoms with van der Waals surface area (Å²) in [4.78, 5) is 37.8. The maximum Gasteiger partial charge on any atom is 0.355 e. The van der Waals surface area contributed by atoms with Gasteiger partial charge in [-0.3, -0.25) is 9.59 Å². The van der Waals surface area contributed by atoms with Crippen molar-refractivity contribution in [3.05, 3.63) is 106 Å². The van der Waals surface area contributed by atoms with E-state index in [1.165, 1.54) is 17.6 Å². The Hall–Kier alpha value is -4.53. The summed E-state index contributed by atoms with van der Waals surface area (Å²) in [6.07, 6.45) is 1.29. The van der Waals surface area contributed by atoms with Gasteiger partial charge in [0, 0.05) is 26.7 Å². The molecule has 1 heterocycles. The first-order chi connectivity index (χ1) is 18.0. The average Bonchev–Trinajstić information content (AvgIpc) is 3.26. The van der Waals surface area contributed by atoms with Gasteiger partial charge in [0.2, 0.25) is 0 Å². The van der Waals surface area contributed by atoms with Crippen molar-refractivity contribution < 1.29 is 19.1 Å². The lowest BCUT2D eigenvalue weighted by Crippen LogP contribution is -2.32. The molecular formula is C28H18ClN3O4S. The molecule has 0 aliphatic heterocycles. The van der Waals surface area contributed by atoms with Gasteiger partial charge in [0.15, 0.2) is 0 Å². The number of hydrogen-bond acceptors (Lipinski definition) is 6. The van der Waals surface area contributed by atoms with Crippen molar-refractivity contribution in [2.24, 2.45) is 5.10 Å². The highest BCUT2D eigenvalue weighted by Crippen LogP contribution is 2.36. The Bertz CT molecular complexity index is 1690. The van der Waals surface area contributed by atoms with Crippen LogP contribution in [0.5, 0.6) is 5.75 Å². The largest absolute Gasteiger partial charge is 0.422 e. The minimum Gasteiger partial charge on any atom is -0.422 e. The lowest BCUT2D eigenvalue weighted by atomic mass is 10.1. The molecule has 2 amide bonds. The van der Waals surface area contributed by atoms with E-state index in [9.17, 15) is 14.4 Å². The van der Waals surface area contributed by atoms with Crippen molar-refractivity contribution in [2.75, 3.05) is 5.32 Å². The fourth-order valence-corrected chi connectivity index (χ4v) is 5.08. The van der Waals surface area contributed by atoms with E-state index in [-0.39, 0.29) is 10.6 Å². The fourth-order valence-electron chi connectivity index (χ4n) is 3.70. The lowest BCUT2D eigenvalue weighted by Gasteiger charge is -2.08. The molecule has 0 unspecified atom stereocenters. The summed E-state index contributed by atoms with van der Waals surface area (Å²) in [7, 11) is 0. The molecule has 5 aromatic rings. The highest BCUT2D eigenvalue weighted by molar-refractivity contribution is 7.21. The van der Waals surface area contributed by atoms with E-state index >= 15 is 0 Å². The normalized spacial score (nSPS) is 11.1. The predicted molar refractivity (Wildman–Crippen MR) is 147 cm³/mol. The third-order valence-corrected chi connectivity index (χ3v) is 7.11. The Balaban J connectivity index is 1.26. The first-order valence-corrected chi connectivity index (χ1v) is 12.3. The number of anilines is 1. The van der Waals surface area contributed by atoms with E-state index in [0.717, 1.165) is 20.9 Å². The van der Waals surface area contributed by atoms with Gasteiger partial charge in [-0.1, -0.05) is 78.3 Å². The van der Waals surface area contributed by atoms with E-state index < -0.39 is 17.8 Å². The standard InChI is InChI=1S/C28H18ClN3O4S/c29-24-20-12-4-6-15-23(20)37-25(24)28(35)36-22-14-5-2-9-18(22)16-30-32-27(34)26(33)31-21-13-7-10-17-8-1-3-11-19(17)21/h1-16H,(H,31,33)(H,32,34). The molecule has 182 valence electrons. The molecular weight excluding hydrogens is 510 g/mol. The zero-order valence-electron chi connectivity index (χ0n) is 19.1. The number of nitrogens with one attached hydrogen (secondary N) is 2. The van der Waals surface area contributed by atoms with Crippen LogP contribution >= 0.6 is 22.9 Å². The van der Waals surface area contributed by atoms with Gasteiger partial charge in [-0.2, -0.15) is 5.10 Å². The number of hydrogen-bond donors (Lipinski definition) is 2. The molecule has 0 atom stereocenters. The summed E-state index contributed by atoms with van der Waals surface area (Å²) in [6.45, 7) is 0. The fraction of sp³-hybridized carbons (Fsp3) is 0. The van der Waals surface area contributed by atoms with Crippen LogP contribution in [0, 0.1) is 0 Å². The number of esters is 1. The molecule has 0 spiro atoms. The Morgan fingerprint density at radius 2 is 1.51 bits per heavy atom. The summed E-state index contributed by atoms with van der Waals surface area (Å²) in [5.74, 6) is -2.20. The van der Waals surface area contributed by atoms with E-state index in [0.29, 0.717) is 16.3 Å². The quantitative estimate of drug-likeness (QED) is 0.0960. The average molecular weight is 528 g/mol. The van der Waals surface area contributed by atoms with Crippen LogP contribution in [0.1, 0.15) is 15.2 Å². The van der Waals surface area contributed by atoms with Gasteiger partial charge in [0.05, 0.1) is 11.2 Å². The van der Waals surface area contributed by atoms with Crippen molar-refractivity contribution >= 4 is 73.5 Å². The smallest absolute Gasteiger partial charge is 0.355 e. The third-order valence-electron chi connectivity index (χ3n) is 5.46. The molecule has 5 rings (SSSR count). The lowest BCUT2D eigenvalue weighted by molar-refractivity contribution is -0.136. The van der Waals surface area contributed by atoms with Gasteiger partial charge in [0.25, 0.3) is 0 Å². The van der Waals surface area contributed by atoms with Gasteiger partial charge in [-0.25, -0.2) is 10.2 Å². The molecule has 7 nitrogen and oxygen atoms in total. The molecule has 4 aromatic carbocycles. The Kier molecular flexibility index (Phi) is 6.93. The van der Waals surface area contributed by atoms with Gasteiger partial charge < -0.3 is 10.1 Å². The number of ether oxygens (including phenoxy) is 1. The van der Waals surface area contributed by atoms with Gasteiger partial charge in [0.1, 0.15) is 10.6 Å². The molecule has 0 bridgehead atoms. The number of halogens is 1. The molecule has 0 aliphatic carbocycles. The van der Waals surface area contributed by atoms with E-state index in [1.807, 2.05) is 54.6 Å². The van der Waals surface area contributed by atoms with Crippen molar-refractivity contribution in [1.29, 1.82) is 0 Å². The molecule has 1 aromatic heterocycles. The number of carbonyl (C=O) groups excluding carboxylic acids is 3. The van der Waals surface area contributed by atoms with Crippen LogP contribution in [0.2, 0.25) is 5.02 Å². The molecule has 0 fully saturated rings. The van der Waals surface area contributed by atoms with E-state index in [2.05, 4.69) is 15.8 Å². The summed E-state index contributed by atoms with van der Waals surface area (Å²) >= 11 is 7.64. The number of benzene rings is 4. The van der Waals surface area contributed by atoms with E-state index in [1.54, 1.807) is 36.4 Å². The molecule has 37 heavy (non-hydrogen) atoms. The molecule has 0 saturated heterocycles. The van der Waals surface area contributed by atoms with Crippen LogP contribution in [0.25, 0.3) is 20.9 Å². The third kappa shape index (κ3) is 5.20. The van der Waals surface area contributed by atoms with Gasteiger partial charge in [-0.05, 0) is 29.7 Å². The molecule has 0 saturated carbocycles. The highest BCUT2D eigenvalue weighted by atomic mass is 35.5. The second-order valence-corrected chi connectivity index (χ2v) is 9.28. The number of amides is 2. The maximum atomic E-state index is 12.8. The summed E-state index contributed by atoms with van der Waals surface area (Å²) in [6, 6.07) is 27.0. The van der Waals surface area contributed by atoms with Crippen LogP contribution in [0.15, 0.2) is 96.1 Å². The van der Waals surface area contributed by atoms with Crippen LogP contribution < -0.4 is 15.5 Å². The molecule has 0 radical (unpaired) electrons. The summed E-state index contributed by atoms with van der Waals surface area (Å²) in [5, 5.41) is 9.31. The van der Waals surface area contributed by atoms with E-state index in [4.69, 9.17) is 16.3 Å². The van der Waals surface area contributed by atoms with Crippen molar-refractivity contribution in [3.63, 3.8) is 0 Å². The van der Waals surface area contributed by atoms with Crippen molar-refractivity contribution in [1.82, 2.24) is 5.43 Å². The number of fused-ring (bicyclic) bond motifs is 2. The summed E-state index contributed by atoms with van der Waals surface area (Å²) in [5.41, 5.74) is 3.13. The first-order valence-electron chi connectivity index (χ1n) is 11.1. The van der Waals surface area contributed by atoms with Crippen LogP contribution in [-0.4, -0.2) is 24.0 Å². The Labute approximate surface area is 220 Å². The van der Waals surface area contributed by atoms with Crippen LogP contribution in [0.4, 0.5) is 5.69 Å². The minimum atomic E-state index is -0.948. The zero-order chi connectivity index (χ0) is 25.8. The number of thiophene rings is 1. The number of hydrazone groups is 1. The Morgan fingerprint density at radius 1 is 0.811 bits per heavy atom. The number of nitrogens with zero attached hydrogens (tertiary/aromatic N) is 1. The first kappa shape index (κ1) is 24.2. The van der Waals surface area contributed by atoms with Gasteiger partial charge in [-0.15, -0.1) is 11.3 Å². The highest BCUT2D eigenvalue weighted by Gasteiger charge is 2.20. The minimum absolute atomic E-state index is 0.222. The SMILES string of the molecule is O=C(NN=Cc1ccccc1OC(=O)c1sc2ccccc2c1Cl)C(=O)Nc1cccc2ccccc12. The Morgan fingerprint density at radius 3 is 2.35 bits per heavy atom. The van der Waals surface area contributed by atoms with Gasteiger partial charge >= 0.3 is 17.8 Å². The van der Waals surface area contributed by atoms with Crippen LogP contribution in [0.3, 0.4) is 0 Å². The second-order valence-electron chi connectivity index (χ2n) is 7.85. The maximum absolute atomic E-state index is 12.8. The molecule has 9 heteroatoms. The number of rotatable bonds is 5. The number of para-hydroxylation sites is 1. The van der Waals surface area contributed by atoms with Crippen molar-refractivity contribution in [2.45, 2.75) is 0 Å². The predicted octanol–water partition coefficient (Wildman–Crippen LogP) is 6.02. The zero-order valence-corrected chi connectivity index (χ0v) is 20.7. The molecule has 0 aliphatic rings. The molecule has 2 N–H and O–H groups in total. The van der Waals surface area contributed by atoms with Crippen LogP contribution in [-0.2, 0) is 9.59 Å². The monoisotopic (exact) mass is 527 g/mol. The summed E-state index contributed by atoms with van der Waals surface area (Å²) < 4.78 is 6.44. The topological polar surface area (TPSA) is 96.9 Å². The second kappa shape index (κ2) is 10.6. The van der Waals surface area contributed by atoms with Crippen molar-refractivity contribution in [3.8, 4) is 5.75 Å².